The molecule has 3 aromatic heterocycles. The SMILES string of the molecule is COCCN1CC[C@@H](Nc2nc(OC)c3c(-c4ccc5nnn(CC(F)(F)F)c5c4)c(F)cn3n2)[C@@H](F)C1. The minimum Gasteiger partial charge on any atom is -0.479 e. The van der Waals surface area contributed by atoms with Crippen LogP contribution in [0.5, 0.6) is 5.88 Å². The number of methoxy groups -OCH3 is 2. The number of hydrogen-bond donors (Lipinski definition) is 1. The molecule has 1 fully saturated rings. The third kappa shape index (κ3) is 5.20. The smallest absolute Gasteiger partial charge is 0.408 e. The lowest BCUT2D eigenvalue weighted by Gasteiger charge is -2.34. The first-order valence-corrected chi connectivity index (χ1v) is 11.8. The molecule has 38 heavy (non-hydrogen) atoms. The molecule has 10 nitrogen and oxygen atoms in total. The maximum atomic E-state index is 15.2. The van der Waals surface area contributed by atoms with Crippen LogP contribution in [0.1, 0.15) is 6.42 Å². The molecule has 4 heterocycles. The quantitative estimate of drug-likeness (QED) is 0.340. The van der Waals surface area contributed by atoms with E-state index < -0.39 is 30.8 Å². The molecule has 1 aliphatic heterocycles. The van der Waals surface area contributed by atoms with Gasteiger partial charge in [-0.1, -0.05) is 11.3 Å². The molecule has 1 N–H and O–H groups in total. The summed E-state index contributed by atoms with van der Waals surface area (Å²) in [6, 6.07) is 3.79. The number of likely N-dealkylation sites (tertiary alicyclic amines) is 1. The van der Waals surface area contributed by atoms with E-state index in [1.54, 1.807) is 7.11 Å². The molecule has 0 amide bonds. The van der Waals surface area contributed by atoms with Gasteiger partial charge in [0.1, 0.15) is 23.7 Å². The predicted molar refractivity (Wildman–Crippen MR) is 127 cm³/mol. The van der Waals surface area contributed by atoms with Gasteiger partial charge in [-0.15, -0.1) is 10.2 Å². The topological polar surface area (TPSA) is 94.6 Å². The Hall–Kier alpha value is -3.59. The van der Waals surface area contributed by atoms with Gasteiger partial charge < -0.3 is 14.8 Å². The molecule has 2 atom stereocenters. The molecule has 1 saturated heterocycles. The van der Waals surface area contributed by atoms with E-state index in [0.717, 1.165) is 6.20 Å². The van der Waals surface area contributed by atoms with Gasteiger partial charge in [-0.2, -0.15) is 18.2 Å². The molecular weight excluding hydrogens is 515 g/mol. The highest BCUT2D eigenvalue weighted by molar-refractivity contribution is 5.89. The van der Waals surface area contributed by atoms with Gasteiger partial charge in [0, 0.05) is 26.7 Å². The van der Waals surface area contributed by atoms with Crippen LogP contribution in [-0.4, -0.2) is 93.3 Å². The molecule has 0 radical (unpaired) electrons. The van der Waals surface area contributed by atoms with Crippen LogP contribution in [0.25, 0.3) is 27.7 Å². The number of hydrogen-bond acceptors (Lipinski definition) is 8. The zero-order valence-electron chi connectivity index (χ0n) is 20.5. The molecule has 1 aliphatic rings. The van der Waals surface area contributed by atoms with Crippen LogP contribution in [-0.2, 0) is 11.3 Å². The number of halogens is 5. The summed E-state index contributed by atoms with van der Waals surface area (Å²) >= 11 is 0. The number of ether oxygens (including phenoxy) is 2. The zero-order valence-corrected chi connectivity index (χ0v) is 20.5. The van der Waals surface area contributed by atoms with Gasteiger partial charge in [-0.3, -0.25) is 4.90 Å². The largest absolute Gasteiger partial charge is 0.479 e. The number of alkyl halides is 4. The van der Waals surface area contributed by atoms with Gasteiger partial charge in [0.25, 0.3) is 0 Å². The van der Waals surface area contributed by atoms with Gasteiger partial charge in [0.05, 0.1) is 37.0 Å². The van der Waals surface area contributed by atoms with Gasteiger partial charge in [-0.25, -0.2) is 18.0 Å². The number of nitrogens with one attached hydrogen (secondary N) is 1. The van der Waals surface area contributed by atoms with Crippen molar-refractivity contribution in [2.45, 2.75) is 31.4 Å². The summed E-state index contributed by atoms with van der Waals surface area (Å²) in [7, 11) is 2.94. The van der Waals surface area contributed by atoms with Crippen molar-refractivity contribution >= 4 is 22.5 Å². The molecular formula is C23H25F5N8O2. The maximum Gasteiger partial charge on any atom is 0.408 e. The van der Waals surface area contributed by atoms with Gasteiger partial charge in [0.2, 0.25) is 11.8 Å². The minimum absolute atomic E-state index is 0.0105. The molecule has 1 aromatic carbocycles. The van der Waals surface area contributed by atoms with Gasteiger partial charge >= 0.3 is 6.18 Å². The highest BCUT2D eigenvalue weighted by Gasteiger charge is 2.31. The molecule has 0 spiro atoms. The van der Waals surface area contributed by atoms with E-state index >= 15 is 4.39 Å². The summed E-state index contributed by atoms with van der Waals surface area (Å²) in [5, 5.41) is 14.6. The molecule has 0 aliphatic carbocycles. The molecule has 204 valence electrons. The van der Waals surface area contributed by atoms with E-state index in [1.165, 1.54) is 29.8 Å². The van der Waals surface area contributed by atoms with Crippen LogP contribution >= 0.6 is 0 Å². The van der Waals surface area contributed by atoms with E-state index in [-0.39, 0.29) is 46.1 Å². The number of aromatic nitrogens is 6. The highest BCUT2D eigenvalue weighted by Crippen LogP contribution is 2.35. The zero-order chi connectivity index (χ0) is 27.0. The van der Waals surface area contributed by atoms with Crippen LogP contribution in [0.3, 0.4) is 0 Å². The number of fused-ring (bicyclic) bond motifs is 2. The Kier molecular flexibility index (Phi) is 7.05. The average molecular weight is 540 g/mol. The van der Waals surface area contributed by atoms with E-state index in [2.05, 4.69) is 25.7 Å². The van der Waals surface area contributed by atoms with Crippen LogP contribution in [0.4, 0.5) is 27.9 Å². The van der Waals surface area contributed by atoms with Gasteiger partial charge in [0.15, 0.2) is 5.82 Å². The second-order valence-electron chi connectivity index (χ2n) is 9.00. The van der Waals surface area contributed by atoms with Crippen molar-refractivity contribution < 1.29 is 31.4 Å². The van der Waals surface area contributed by atoms with Crippen molar-refractivity contribution in [3.8, 4) is 17.0 Å². The average Bonchev–Trinajstić information content (AvgIpc) is 3.41. The first-order chi connectivity index (χ1) is 18.2. The number of nitrogens with zero attached hydrogens (tertiary/aromatic N) is 7. The lowest BCUT2D eigenvalue weighted by molar-refractivity contribution is -0.142. The minimum atomic E-state index is -4.51. The Morgan fingerprint density at radius 1 is 1.21 bits per heavy atom. The Morgan fingerprint density at radius 2 is 2.03 bits per heavy atom. The predicted octanol–water partition coefficient (Wildman–Crippen LogP) is 3.32. The second-order valence-corrected chi connectivity index (χ2v) is 9.00. The van der Waals surface area contributed by atoms with Crippen molar-refractivity contribution in [2.75, 3.05) is 45.8 Å². The number of benzene rings is 1. The van der Waals surface area contributed by atoms with Crippen LogP contribution in [0.15, 0.2) is 24.4 Å². The van der Waals surface area contributed by atoms with E-state index in [9.17, 15) is 17.6 Å². The lowest BCUT2D eigenvalue weighted by atomic mass is 10.0. The fourth-order valence-corrected chi connectivity index (χ4v) is 4.63. The summed E-state index contributed by atoms with van der Waals surface area (Å²) < 4.78 is 81.4. The molecule has 4 aromatic rings. The molecule has 0 bridgehead atoms. The van der Waals surface area contributed by atoms with Crippen molar-refractivity contribution in [1.82, 2.24) is 34.5 Å². The van der Waals surface area contributed by atoms with Crippen molar-refractivity contribution in [1.29, 1.82) is 0 Å². The molecule has 0 unspecified atom stereocenters. The van der Waals surface area contributed by atoms with Crippen LogP contribution in [0, 0.1) is 5.82 Å². The summed E-state index contributed by atoms with van der Waals surface area (Å²) in [6.45, 7) is 0.687. The van der Waals surface area contributed by atoms with Gasteiger partial charge in [-0.05, 0) is 24.1 Å². The Balaban J connectivity index is 1.46. The molecule has 5 rings (SSSR count). The Labute approximate surface area is 213 Å². The summed E-state index contributed by atoms with van der Waals surface area (Å²) in [5.74, 6) is -0.632. The summed E-state index contributed by atoms with van der Waals surface area (Å²) in [4.78, 5) is 6.29. The van der Waals surface area contributed by atoms with E-state index in [0.29, 0.717) is 30.8 Å². The highest BCUT2D eigenvalue weighted by atomic mass is 19.4. The molecule has 0 saturated carbocycles. The fraction of sp³-hybridized carbons (Fsp3) is 0.478. The Bertz CT molecular complexity index is 1440. The first-order valence-electron chi connectivity index (χ1n) is 11.8. The number of piperidine rings is 1. The third-order valence-electron chi connectivity index (χ3n) is 6.43. The van der Waals surface area contributed by atoms with Crippen molar-refractivity contribution in [3.05, 3.63) is 30.2 Å². The summed E-state index contributed by atoms with van der Waals surface area (Å²) in [6.07, 6.45) is -4.09. The van der Waals surface area contributed by atoms with Crippen LogP contribution in [0.2, 0.25) is 0 Å². The summed E-state index contributed by atoms with van der Waals surface area (Å²) in [5.41, 5.74) is 0.770. The van der Waals surface area contributed by atoms with Crippen LogP contribution < -0.4 is 10.1 Å². The monoisotopic (exact) mass is 540 g/mol. The third-order valence-corrected chi connectivity index (χ3v) is 6.43. The van der Waals surface area contributed by atoms with Crippen molar-refractivity contribution in [3.63, 3.8) is 0 Å². The maximum absolute atomic E-state index is 15.2. The molecule has 15 heteroatoms. The second kappa shape index (κ2) is 10.3. The first kappa shape index (κ1) is 26.0. The van der Waals surface area contributed by atoms with E-state index in [4.69, 9.17) is 9.47 Å². The number of anilines is 1. The number of rotatable bonds is 8. The standard InChI is InChI=1S/C23H25F5N8O2/c1-37-8-7-34-6-5-16(14(24)10-34)29-22-30-21(38-2)20-19(15(25)11-35(20)32-22)13-3-4-17-18(9-13)36(33-31-17)12-23(26,27)28/h3-4,9,11,14,16H,5-8,10,12H2,1-2H3,(H,29,32)/t14-,16+/m0/s1. The fourth-order valence-electron chi connectivity index (χ4n) is 4.63. The van der Waals surface area contributed by atoms with Crippen molar-refractivity contribution in [2.24, 2.45) is 0 Å². The lowest BCUT2D eigenvalue weighted by Crippen LogP contribution is -2.48. The Morgan fingerprint density at radius 3 is 2.74 bits per heavy atom. The normalized spacial score (nSPS) is 18.9. The van der Waals surface area contributed by atoms with E-state index in [1.807, 2.05) is 4.90 Å².